The first kappa shape index (κ1) is 26.4. The van der Waals surface area contributed by atoms with Crippen molar-refractivity contribution < 1.29 is 18.3 Å². The fraction of sp³-hybridized carbons (Fsp3) is 0.556. The van der Waals surface area contributed by atoms with Crippen molar-refractivity contribution in [3.63, 3.8) is 0 Å². The lowest BCUT2D eigenvalue weighted by Gasteiger charge is -2.35. The maximum atomic E-state index is 13.9. The number of halogens is 3. The Labute approximate surface area is 234 Å². The summed E-state index contributed by atoms with van der Waals surface area (Å²) in [5.74, 6) is 1.20. The Morgan fingerprint density at radius 2 is 1.79 bits per heavy atom. The molecule has 2 aliphatic heterocycles. The lowest BCUT2D eigenvalue weighted by molar-refractivity contribution is -0.129. The topological polar surface area (TPSA) is 88.4 Å². The molecule has 3 fully saturated rings. The minimum absolute atomic E-state index is 0.0513. The Bertz CT molecular complexity index is 1320. The molecule has 3 aliphatic rings. The molecule has 2 saturated heterocycles. The smallest absolute Gasteiger partial charge is 0.295 e. The standard InChI is InChI=1S/C27H32BrF2N7O2/c28-20-9-10-36(26(20)38)19-7-5-17(6-8-19)31-23-15-18(32-27(34-23)35-11-13-39-14-12-35)16-37-22-4-2-1-3-21(22)33-25(37)24(29)30/h1-4,15,17,19-20,24H,5-14,16H2,(H,31,32,34). The van der Waals surface area contributed by atoms with Gasteiger partial charge in [0.1, 0.15) is 5.82 Å². The molecule has 2 aromatic heterocycles. The second-order valence-corrected chi connectivity index (χ2v) is 11.5. The van der Waals surface area contributed by atoms with Gasteiger partial charge in [0, 0.05) is 37.8 Å². The molecule has 0 bridgehead atoms. The summed E-state index contributed by atoms with van der Waals surface area (Å²) in [5, 5.41) is 3.59. The van der Waals surface area contributed by atoms with Crippen molar-refractivity contribution in [1.29, 1.82) is 0 Å². The molecule has 1 unspecified atom stereocenters. The van der Waals surface area contributed by atoms with Crippen LogP contribution in [-0.2, 0) is 16.1 Å². The van der Waals surface area contributed by atoms with Gasteiger partial charge in [-0.3, -0.25) is 4.79 Å². The van der Waals surface area contributed by atoms with Gasteiger partial charge in [-0.15, -0.1) is 0 Å². The number of carbonyl (C=O) groups excluding carboxylic acids is 1. The Morgan fingerprint density at radius 3 is 2.51 bits per heavy atom. The molecule has 9 nitrogen and oxygen atoms in total. The summed E-state index contributed by atoms with van der Waals surface area (Å²) in [4.78, 5) is 30.3. The molecule has 1 aromatic carbocycles. The van der Waals surface area contributed by atoms with Gasteiger partial charge >= 0.3 is 0 Å². The summed E-state index contributed by atoms with van der Waals surface area (Å²) in [7, 11) is 0. The molecule has 4 heterocycles. The third-order valence-electron chi connectivity index (χ3n) is 7.92. The number of benzene rings is 1. The summed E-state index contributed by atoms with van der Waals surface area (Å²) < 4.78 is 34.9. The van der Waals surface area contributed by atoms with Gasteiger partial charge in [0.25, 0.3) is 6.43 Å². The minimum atomic E-state index is -2.70. The van der Waals surface area contributed by atoms with Gasteiger partial charge in [0.05, 0.1) is 41.3 Å². The van der Waals surface area contributed by atoms with Crippen LogP contribution in [0.2, 0.25) is 0 Å². The fourth-order valence-corrected chi connectivity index (χ4v) is 6.37. The molecule has 12 heteroatoms. The molecule has 0 spiro atoms. The number of carbonyl (C=O) groups is 1. The van der Waals surface area contributed by atoms with Crippen molar-refractivity contribution in [1.82, 2.24) is 24.4 Å². The molecule has 1 amide bonds. The molecule has 3 aromatic rings. The number of hydrogen-bond donors (Lipinski definition) is 1. The van der Waals surface area contributed by atoms with Crippen LogP contribution >= 0.6 is 15.9 Å². The number of rotatable bonds is 7. The largest absolute Gasteiger partial charge is 0.378 e. The van der Waals surface area contributed by atoms with E-state index in [2.05, 4.69) is 31.1 Å². The van der Waals surface area contributed by atoms with Crippen molar-refractivity contribution in [2.45, 2.75) is 62.0 Å². The van der Waals surface area contributed by atoms with E-state index in [-0.39, 0.29) is 35.2 Å². The molecular formula is C27H32BrF2N7O2. The average molecular weight is 604 g/mol. The highest BCUT2D eigenvalue weighted by Crippen LogP contribution is 2.31. The zero-order valence-electron chi connectivity index (χ0n) is 21.6. The summed E-state index contributed by atoms with van der Waals surface area (Å²) in [6.07, 6.45) is 1.90. The lowest BCUT2D eigenvalue weighted by atomic mass is 9.90. The number of hydrogen-bond acceptors (Lipinski definition) is 7. The SMILES string of the molecule is O=C1C(Br)CCN1C1CCC(Nc2cc(Cn3c(C(F)F)nc4ccccc43)nc(N3CCOCC3)n2)CC1. The van der Waals surface area contributed by atoms with E-state index in [1.807, 2.05) is 17.0 Å². The van der Waals surface area contributed by atoms with E-state index in [0.717, 1.165) is 38.6 Å². The van der Waals surface area contributed by atoms with Crippen LogP contribution in [0.3, 0.4) is 0 Å². The quantitative estimate of drug-likeness (QED) is 0.401. The van der Waals surface area contributed by atoms with Crippen molar-refractivity contribution >= 4 is 44.6 Å². The minimum Gasteiger partial charge on any atom is -0.378 e. The molecule has 1 saturated carbocycles. The zero-order chi connectivity index (χ0) is 26.9. The normalized spacial score (nSPS) is 24.2. The zero-order valence-corrected chi connectivity index (χ0v) is 23.2. The molecule has 0 radical (unpaired) electrons. The monoisotopic (exact) mass is 603 g/mol. The Morgan fingerprint density at radius 1 is 1.03 bits per heavy atom. The summed E-state index contributed by atoms with van der Waals surface area (Å²) >= 11 is 3.48. The number of aromatic nitrogens is 4. The van der Waals surface area contributed by atoms with Gasteiger partial charge in [0.15, 0.2) is 5.82 Å². The number of alkyl halides is 3. The maximum Gasteiger partial charge on any atom is 0.295 e. The van der Waals surface area contributed by atoms with Gasteiger partial charge in [-0.2, -0.15) is 4.98 Å². The van der Waals surface area contributed by atoms with Gasteiger partial charge in [-0.25, -0.2) is 18.7 Å². The number of fused-ring (bicyclic) bond motifs is 1. The van der Waals surface area contributed by atoms with Crippen LogP contribution in [0.4, 0.5) is 20.5 Å². The first-order valence-corrected chi connectivity index (χ1v) is 14.5. The highest BCUT2D eigenvalue weighted by Gasteiger charge is 2.36. The van der Waals surface area contributed by atoms with E-state index in [9.17, 15) is 13.6 Å². The van der Waals surface area contributed by atoms with E-state index in [1.165, 1.54) is 0 Å². The Hall–Kier alpha value is -2.86. The van der Waals surface area contributed by atoms with Gasteiger partial charge in [0.2, 0.25) is 11.9 Å². The number of likely N-dealkylation sites (tertiary alicyclic amines) is 1. The van der Waals surface area contributed by atoms with Crippen molar-refractivity contribution in [2.75, 3.05) is 43.1 Å². The van der Waals surface area contributed by atoms with Crippen LogP contribution in [0.25, 0.3) is 11.0 Å². The molecule has 1 aliphatic carbocycles. The predicted octanol–water partition coefficient (Wildman–Crippen LogP) is 4.37. The van der Waals surface area contributed by atoms with Gasteiger partial charge in [-0.1, -0.05) is 28.1 Å². The van der Waals surface area contributed by atoms with Crippen molar-refractivity contribution in [2.24, 2.45) is 0 Å². The highest BCUT2D eigenvalue weighted by atomic mass is 79.9. The molecule has 39 heavy (non-hydrogen) atoms. The second kappa shape index (κ2) is 11.3. The molecule has 208 valence electrons. The number of morpholine rings is 1. The van der Waals surface area contributed by atoms with Crippen LogP contribution in [0, 0.1) is 0 Å². The summed E-state index contributed by atoms with van der Waals surface area (Å²) in [5.41, 5.74) is 1.82. The van der Waals surface area contributed by atoms with Crippen molar-refractivity contribution in [3.05, 3.63) is 41.9 Å². The Balaban J connectivity index is 1.23. The summed E-state index contributed by atoms with van der Waals surface area (Å²) in [6, 6.07) is 9.53. The number of anilines is 2. The summed E-state index contributed by atoms with van der Waals surface area (Å²) in [6.45, 7) is 3.50. The van der Waals surface area contributed by atoms with Crippen molar-refractivity contribution in [3.8, 4) is 0 Å². The van der Waals surface area contributed by atoms with E-state index >= 15 is 0 Å². The van der Waals surface area contributed by atoms with E-state index < -0.39 is 6.43 Å². The van der Waals surface area contributed by atoms with E-state index in [4.69, 9.17) is 14.7 Å². The van der Waals surface area contributed by atoms with E-state index in [1.54, 1.807) is 22.8 Å². The number of amides is 1. The number of nitrogens with zero attached hydrogens (tertiary/aromatic N) is 6. The fourth-order valence-electron chi connectivity index (χ4n) is 5.90. The number of imidazole rings is 1. The molecule has 1 atom stereocenters. The highest BCUT2D eigenvalue weighted by molar-refractivity contribution is 9.10. The maximum absolute atomic E-state index is 13.9. The van der Waals surface area contributed by atoms with Crippen LogP contribution in [0.1, 0.15) is 50.0 Å². The van der Waals surface area contributed by atoms with Crippen LogP contribution in [-0.4, -0.2) is 80.1 Å². The Kier molecular flexibility index (Phi) is 7.66. The number of nitrogens with one attached hydrogen (secondary N) is 1. The van der Waals surface area contributed by atoms with Crippen LogP contribution < -0.4 is 10.2 Å². The first-order chi connectivity index (χ1) is 19.0. The third-order valence-corrected chi connectivity index (χ3v) is 8.77. The van der Waals surface area contributed by atoms with Gasteiger partial charge in [-0.05, 0) is 44.2 Å². The lowest BCUT2D eigenvalue weighted by Crippen LogP contribution is -2.42. The second-order valence-electron chi connectivity index (χ2n) is 10.4. The average Bonchev–Trinajstić information content (AvgIpc) is 3.49. The molecule has 6 rings (SSSR count). The molecule has 1 N–H and O–H groups in total. The predicted molar refractivity (Wildman–Crippen MR) is 148 cm³/mol. The van der Waals surface area contributed by atoms with E-state index in [0.29, 0.717) is 54.8 Å². The number of ether oxygens (including phenoxy) is 1. The third kappa shape index (κ3) is 5.58. The van der Waals surface area contributed by atoms with Crippen LogP contribution in [0.5, 0.6) is 0 Å². The number of para-hydroxylation sites is 2. The van der Waals surface area contributed by atoms with Crippen LogP contribution in [0.15, 0.2) is 30.3 Å². The van der Waals surface area contributed by atoms with Gasteiger partial charge < -0.3 is 24.4 Å². The molecular weight excluding hydrogens is 572 g/mol. The first-order valence-electron chi connectivity index (χ1n) is 13.6.